The van der Waals surface area contributed by atoms with Gasteiger partial charge < -0.3 is 5.32 Å². The minimum absolute atomic E-state index is 0.628. The van der Waals surface area contributed by atoms with Crippen LogP contribution in [0, 0.1) is 5.92 Å². The van der Waals surface area contributed by atoms with Crippen LogP contribution in [0.1, 0.15) is 44.0 Å². The zero-order valence-electron chi connectivity index (χ0n) is 15.2. The molecule has 0 spiro atoms. The Morgan fingerprint density at radius 1 is 1.32 bits per heavy atom. The zero-order chi connectivity index (χ0) is 17.4. The first kappa shape index (κ1) is 16.7. The van der Waals surface area contributed by atoms with Gasteiger partial charge in [0.15, 0.2) is 0 Å². The molecule has 2 aromatic heterocycles. The number of rotatable bonds is 6. The molecular weight excluding hydrogens is 328 g/mol. The summed E-state index contributed by atoms with van der Waals surface area (Å²) in [4.78, 5) is 4.91. The Balaban J connectivity index is 1.47. The van der Waals surface area contributed by atoms with E-state index in [1.54, 1.807) is 0 Å². The Hall–Kier alpha value is -1.72. The van der Waals surface area contributed by atoms with Gasteiger partial charge in [0.05, 0.1) is 21.4 Å². The number of nitrogens with one attached hydrogen (secondary N) is 1. The van der Waals surface area contributed by atoms with Gasteiger partial charge in [0, 0.05) is 30.8 Å². The van der Waals surface area contributed by atoms with Crippen molar-refractivity contribution in [1.29, 1.82) is 0 Å². The van der Waals surface area contributed by atoms with Crippen molar-refractivity contribution in [2.75, 3.05) is 6.54 Å². The molecule has 1 N–H and O–H groups in total. The maximum absolute atomic E-state index is 4.91. The number of aryl methyl sites for hydroxylation is 1. The Morgan fingerprint density at radius 2 is 2.16 bits per heavy atom. The third kappa shape index (κ3) is 3.35. The van der Waals surface area contributed by atoms with E-state index in [1.165, 1.54) is 40.1 Å². The summed E-state index contributed by atoms with van der Waals surface area (Å²) in [6.45, 7) is 5.68. The molecule has 1 unspecified atom stereocenters. The number of aromatic nitrogens is 3. The van der Waals surface area contributed by atoms with E-state index < -0.39 is 0 Å². The number of benzene rings is 1. The Labute approximate surface area is 153 Å². The summed E-state index contributed by atoms with van der Waals surface area (Å²) < 4.78 is 3.14. The summed E-state index contributed by atoms with van der Waals surface area (Å²) in [5.41, 5.74) is 3.52. The van der Waals surface area contributed by atoms with Crippen molar-refractivity contribution in [2.45, 2.75) is 45.1 Å². The normalized spacial score (nSPS) is 21.4. The first-order valence-corrected chi connectivity index (χ1v) is 10.1. The second kappa shape index (κ2) is 6.89. The number of hydrogen-bond acceptors (Lipinski definition) is 4. The van der Waals surface area contributed by atoms with Crippen LogP contribution in [0.25, 0.3) is 21.3 Å². The van der Waals surface area contributed by atoms with Crippen LogP contribution in [-0.4, -0.2) is 27.4 Å². The fourth-order valence-electron chi connectivity index (χ4n) is 3.68. The van der Waals surface area contributed by atoms with Crippen LogP contribution >= 0.6 is 11.3 Å². The van der Waals surface area contributed by atoms with Crippen molar-refractivity contribution in [3.8, 4) is 11.1 Å². The predicted molar refractivity (Wildman–Crippen MR) is 105 cm³/mol. The lowest BCUT2D eigenvalue weighted by Crippen LogP contribution is -2.40. The summed E-state index contributed by atoms with van der Waals surface area (Å²) in [6, 6.07) is 7.19. The first-order valence-electron chi connectivity index (χ1n) is 9.27. The molecular formula is C20H26N4S. The molecule has 132 valence electrons. The number of thiazole rings is 1. The summed E-state index contributed by atoms with van der Waals surface area (Å²) in [5.74, 6) is 1.45. The van der Waals surface area contributed by atoms with Crippen molar-refractivity contribution < 1.29 is 0 Å². The van der Waals surface area contributed by atoms with Crippen molar-refractivity contribution in [2.24, 2.45) is 13.0 Å². The third-order valence-corrected chi connectivity index (χ3v) is 6.57. The quantitative estimate of drug-likeness (QED) is 0.704. The molecule has 1 aliphatic rings. The lowest BCUT2D eigenvalue weighted by Gasteiger charge is -2.38. The lowest BCUT2D eigenvalue weighted by molar-refractivity contribution is 0.204. The van der Waals surface area contributed by atoms with Crippen LogP contribution in [-0.2, 0) is 7.05 Å². The van der Waals surface area contributed by atoms with Gasteiger partial charge in [-0.25, -0.2) is 4.98 Å². The second-order valence-corrected chi connectivity index (χ2v) is 8.37. The van der Waals surface area contributed by atoms with E-state index in [2.05, 4.69) is 48.7 Å². The molecule has 0 saturated heterocycles. The van der Waals surface area contributed by atoms with Gasteiger partial charge in [-0.05, 0) is 56.3 Å². The van der Waals surface area contributed by atoms with Crippen LogP contribution in [0.5, 0.6) is 0 Å². The Kier molecular flexibility index (Phi) is 4.61. The highest BCUT2D eigenvalue weighted by Gasteiger charge is 2.35. The van der Waals surface area contributed by atoms with Gasteiger partial charge in [-0.15, -0.1) is 11.3 Å². The van der Waals surface area contributed by atoms with E-state index in [0.717, 1.165) is 18.0 Å². The first-order chi connectivity index (χ1) is 12.1. The highest BCUT2D eigenvalue weighted by atomic mass is 32.1. The average molecular weight is 355 g/mol. The molecule has 4 rings (SSSR count). The number of nitrogens with zero attached hydrogens (tertiary/aromatic N) is 3. The fraction of sp³-hybridized carbons (Fsp3) is 0.500. The average Bonchev–Trinajstić information content (AvgIpc) is 3.16. The van der Waals surface area contributed by atoms with Crippen LogP contribution in [0.3, 0.4) is 0 Å². The van der Waals surface area contributed by atoms with E-state index in [1.807, 2.05) is 29.3 Å². The van der Waals surface area contributed by atoms with Gasteiger partial charge in [-0.1, -0.05) is 13.0 Å². The molecule has 3 aromatic rings. The van der Waals surface area contributed by atoms with Crippen molar-refractivity contribution in [3.63, 3.8) is 0 Å². The number of hydrogen-bond donors (Lipinski definition) is 1. The summed E-state index contributed by atoms with van der Waals surface area (Å²) >= 11 is 1.87. The Bertz CT molecular complexity index is 860. The van der Waals surface area contributed by atoms with E-state index in [9.17, 15) is 0 Å². The fourth-order valence-corrected chi connectivity index (χ4v) is 4.81. The molecule has 1 fully saturated rings. The molecule has 0 amide bonds. The summed E-state index contributed by atoms with van der Waals surface area (Å²) in [5, 5.41) is 9.23. The second-order valence-electron chi connectivity index (χ2n) is 7.31. The van der Waals surface area contributed by atoms with E-state index in [-0.39, 0.29) is 0 Å². The third-order valence-electron chi connectivity index (χ3n) is 5.39. The molecule has 0 aliphatic heterocycles. The molecule has 1 saturated carbocycles. The van der Waals surface area contributed by atoms with Crippen LogP contribution < -0.4 is 5.32 Å². The number of fused-ring (bicyclic) bond motifs is 1. The van der Waals surface area contributed by atoms with Crippen LogP contribution in [0.15, 0.2) is 30.6 Å². The molecule has 25 heavy (non-hydrogen) atoms. The molecule has 1 aromatic carbocycles. The highest BCUT2D eigenvalue weighted by molar-refractivity contribution is 7.18. The van der Waals surface area contributed by atoms with E-state index >= 15 is 0 Å². The van der Waals surface area contributed by atoms with Crippen molar-refractivity contribution >= 4 is 21.6 Å². The van der Waals surface area contributed by atoms with Gasteiger partial charge in [0.2, 0.25) is 0 Å². The topological polar surface area (TPSA) is 42.7 Å². The van der Waals surface area contributed by atoms with Gasteiger partial charge in [0.25, 0.3) is 0 Å². The SMILES string of the molecule is CCCNC(C)C1CC(c2nc3ccc(-c4cnn(C)c4)cc3s2)C1. The largest absolute Gasteiger partial charge is 0.314 e. The molecule has 0 bridgehead atoms. The minimum atomic E-state index is 0.628. The van der Waals surface area contributed by atoms with E-state index in [4.69, 9.17) is 4.98 Å². The van der Waals surface area contributed by atoms with Gasteiger partial charge in [-0.3, -0.25) is 4.68 Å². The molecule has 2 heterocycles. The maximum atomic E-state index is 4.91. The molecule has 0 radical (unpaired) electrons. The maximum Gasteiger partial charge on any atom is 0.0969 e. The molecule has 5 heteroatoms. The van der Waals surface area contributed by atoms with Gasteiger partial charge in [-0.2, -0.15) is 5.10 Å². The summed E-state index contributed by atoms with van der Waals surface area (Å²) in [6.07, 6.45) is 7.73. The molecule has 1 atom stereocenters. The van der Waals surface area contributed by atoms with Gasteiger partial charge in [0.1, 0.15) is 0 Å². The summed E-state index contributed by atoms with van der Waals surface area (Å²) in [7, 11) is 1.95. The standard InChI is InChI=1S/C20H26N4S/c1-4-7-21-13(2)15-8-16(9-15)20-23-18-6-5-14(10-19(18)25-20)17-11-22-24(3)12-17/h5-6,10-13,15-16,21H,4,7-9H2,1-3H3. The monoisotopic (exact) mass is 354 g/mol. The lowest BCUT2D eigenvalue weighted by atomic mass is 9.72. The smallest absolute Gasteiger partial charge is 0.0969 e. The van der Waals surface area contributed by atoms with Crippen LogP contribution in [0.2, 0.25) is 0 Å². The highest BCUT2D eigenvalue weighted by Crippen LogP contribution is 2.45. The zero-order valence-corrected chi connectivity index (χ0v) is 16.0. The molecule has 1 aliphatic carbocycles. The minimum Gasteiger partial charge on any atom is -0.314 e. The molecule has 4 nitrogen and oxygen atoms in total. The van der Waals surface area contributed by atoms with Crippen LogP contribution in [0.4, 0.5) is 0 Å². The predicted octanol–water partition coefficient (Wildman–Crippen LogP) is 4.58. The van der Waals surface area contributed by atoms with Crippen molar-refractivity contribution in [1.82, 2.24) is 20.1 Å². The Morgan fingerprint density at radius 3 is 2.88 bits per heavy atom. The van der Waals surface area contributed by atoms with E-state index in [0.29, 0.717) is 12.0 Å². The van der Waals surface area contributed by atoms with Gasteiger partial charge >= 0.3 is 0 Å². The van der Waals surface area contributed by atoms with Crippen molar-refractivity contribution in [3.05, 3.63) is 35.6 Å².